The van der Waals surface area contributed by atoms with Gasteiger partial charge in [0.1, 0.15) is 0 Å². The van der Waals surface area contributed by atoms with Crippen LogP contribution in [-0.2, 0) is 13.9 Å². The summed E-state index contributed by atoms with van der Waals surface area (Å²) in [6, 6.07) is 0. The number of halogens is 1. The predicted octanol–water partition coefficient (Wildman–Crippen LogP) is 3.03. The summed E-state index contributed by atoms with van der Waals surface area (Å²) < 4.78 is 14.6. The summed E-state index contributed by atoms with van der Waals surface area (Å²) in [5.41, 5.74) is 0. The van der Waals surface area contributed by atoms with Gasteiger partial charge in [-0.1, -0.05) is 38.4 Å². The van der Waals surface area contributed by atoms with Crippen LogP contribution in [-0.4, -0.2) is 17.3 Å². The molecule has 0 fully saturated rings. The van der Waals surface area contributed by atoms with Gasteiger partial charge in [0, 0.05) is 15.5 Å². The van der Waals surface area contributed by atoms with Crippen molar-refractivity contribution in [3.8, 4) is 0 Å². The molecule has 0 aliphatic rings. The molecule has 0 saturated heterocycles. The fourth-order valence-electron chi connectivity index (χ4n) is 0.918. The van der Waals surface area contributed by atoms with Crippen LogP contribution in [0.1, 0.15) is 27.2 Å². The Bertz CT molecular complexity index is 289. The molecule has 6 heteroatoms. The average molecular weight is 268 g/mol. The van der Waals surface area contributed by atoms with Gasteiger partial charge in [-0.15, -0.1) is 9.42 Å². The van der Waals surface area contributed by atoms with Gasteiger partial charge in [-0.3, -0.25) is 4.79 Å². The molecule has 0 aromatic carbocycles. The topological polar surface area (TPSA) is 63.6 Å². The molecule has 0 rings (SSSR count). The van der Waals surface area contributed by atoms with E-state index >= 15 is 0 Å². The Labute approximate surface area is 102 Å². The fraction of sp³-hybridized carbons (Fsp3) is 0.700. The number of ketones is 1. The number of allylic oxidation sites excluding steroid dienone is 2. The summed E-state index contributed by atoms with van der Waals surface area (Å²) in [5.74, 6) is -0.225. The van der Waals surface area contributed by atoms with E-state index in [4.69, 9.17) is 16.5 Å². The summed E-state index contributed by atoms with van der Waals surface area (Å²) in [5, 5.41) is 0.716. The summed E-state index contributed by atoms with van der Waals surface area (Å²) in [4.78, 5) is 19.8. The molecule has 0 aliphatic heterocycles. The molecule has 0 aliphatic carbocycles. The van der Waals surface area contributed by atoms with Gasteiger partial charge < -0.3 is 0 Å². The molecule has 1 N–H and O–H groups in total. The van der Waals surface area contributed by atoms with Gasteiger partial charge in [0.05, 0.1) is 0 Å². The van der Waals surface area contributed by atoms with Crippen LogP contribution >= 0.6 is 19.9 Å². The first kappa shape index (κ1) is 15.7. The molecule has 0 saturated carbocycles. The second-order valence-corrected chi connectivity index (χ2v) is 5.03. The lowest BCUT2D eigenvalue weighted by Crippen LogP contribution is -2.15. The number of carbonyl (C=O) groups is 1. The Hall–Kier alpha value is -0.280. The molecule has 4 nitrogen and oxygen atoms in total. The Morgan fingerprint density at radius 1 is 1.50 bits per heavy atom. The maximum atomic E-state index is 11.4. The van der Waals surface area contributed by atoms with E-state index in [0.29, 0.717) is 11.5 Å². The zero-order valence-electron chi connectivity index (χ0n) is 9.64. The first-order valence-electron chi connectivity index (χ1n) is 5.02. The Morgan fingerprint density at radius 3 is 2.50 bits per heavy atom. The van der Waals surface area contributed by atoms with Crippen molar-refractivity contribution in [2.75, 3.05) is 6.61 Å². The van der Waals surface area contributed by atoms with Crippen molar-refractivity contribution in [3.63, 3.8) is 0 Å². The number of hydrogen-bond donors (Lipinski definition) is 1. The molecule has 2 atom stereocenters. The van der Waals surface area contributed by atoms with E-state index in [9.17, 15) is 9.36 Å². The van der Waals surface area contributed by atoms with Crippen LogP contribution in [0.5, 0.6) is 0 Å². The maximum absolute atomic E-state index is 11.4. The smallest absolute Gasteiger partial charge is 0.297 e. The molecule has 0 bridgehead atoms. The highest BCUT2D eigenvalue weighted by molar-refractivity contribution is 7.32. The average Bonchev–Trinajstić information content (AvgIpc) is 2.21. The largest absolute Gasteiger partial charge is 0.695 e. The van der Waals surface area contributed by atoms with Crippen molar-refractivity contribution in [2.24, 2.45) is 11.8 Å². The highest BCUT2D eigenvalue weighted by Gasteiger charge is 2.19. The Morgan fingerprint density at radius 2 is 2.06 bits per heavy atom. The van der Waals surface area contributed by atoms with Gasteiger partial charge in [0.15, 0.2) is 12.4 Å². The number of Topliss-reactive ketones (excluding diaryl/α,β-unsaturated/α-hetero) is 1. The third-order valence-corrected chi connectivity index (χ3v) is 3.03. The van der Waals surface area contributed by atoms with Crippen molar-refractivity contribution in [3.05, 3.63) is 11.1 Å². The molecule has 0 aromatic heterocycles. The highest BCUT2D eigenvalue weighted by atomic mass is 35.5. The van der Waals surface area contributed by atoms with Crippen molar-refractivity contribution in [2.45, 2.75) is 27.2 Å². The number of hydrogen-bond acceptors (Lipinski definition) is 3. The minimum atomic E-state index is -2.70. The Balaban J connectivity index is 4.06. The first-order chi connectivity index (χ1) is 7.34. The second kappa shape index (κ2) is 7.91. The molecule has 0 radical (unpaired) electrons. The first-order valence-corrected chi connectivity index (χ1v) is 6.52. The highest BCUT2D eigenvalue weighted by Crippen LogP contribution is 2.19. The van der Waals surface area contributed by atoms with Crippen LogP contribution in [0.2, 0.25) is 0 Å². The number of carbonyl (C=O) groups excluding carboxylic acids is 1. The SMILES string of the molecule is CC(C/C=C(\Cl)C(C)C)C(=O)CO[P+](=O)O. The minimum absolute atomic E-state index is 0.207. The normalized spacial score (nSPS) is 15.1. The van der Waals surface area contributed by atoms with E-state index in [1.165, 1.54) is 0 Å². The van der Waals surface area contributed by atoms with Crippen LogP contribution in [0, 0.1) is 11.8 Å². The van der Waals surface area contributed by atoms with Gasteiger partial charge >= 0.3 is 8.25 Å². The van der Waals surface area contributed by atoms with Crippen molar-refractivity contribution in [1.29, 1.82) is 0 Å². The van der Waals surface area contributed by atoms with Gasteiger partial charge in [0.2, 0.25) is 0 Å². The minimum Gasteiger partial charge on any atom is -0.297 e. The quantitative estimate of drug-likeness (QED) is 0.720. The summed E-state index contributed by atoms with van der Waals surface area (Å²) in [6.07, 6.45) is 2.31. The van der Waals surface area contributed by atoms with E-state index in [-0.39, 0.29) is 24.2 Å². The molecular formula is C10H17ClO4P+. The molecule has 92 valence electrons. The summed E-state index contributed by atoms with van der Waals surface area (Å²) >= 11 is 5.92. The third kappa shape index (κ3) is 7.07. The van der Waals surface area contributed by atoms with Crippen LogP contribution in [0.15, 0.2) is 11.1 Å². The maximum Gasteiger partial charge on any atom is 0.695 e. The molecular weight excluding hydrogens is 251 g/mol. The lowest BCUT2D eigenvalue weighted by Gasteiger charge is -2.07. The van der Waals surface area contributed by atoms with E-state index in [2.05, 4.69) is 4.52 Å². The van der Waals surface area contributed by atoms with Gasteiger partial charge in [-0.05, 0) is 12.3 Å². The standard InChI is InChI=1S/C10H16ClO4P/c1-7(2)9(11)5-4-8(3)10(12)6-15-16(13)14/h5,7-8H,4,6H2,1-3H3/p+1/b9-5-. The van der Waals surface area contributed by atoms with Crippen molar-refractivity contribution >= 4 is 25.6 Å². The lowest BCUT2D eigenvalue weighted by molar-refractivity contribution is -0.124. The molecule has 0 aromatic rings. The Kier molecular flexibility index (Phi) is 7.77. The zero-order valence-corrected chi connectivity index (χ0v) is 11.3. The van der Waals surface area contributed by atoms with Crippen LogP contribution < -0.4 is 0 Å². The van der Waals surface area contributed by atoms with Gasteiger partial charge in [0.25, 0.3) is 0 Å². The van der Waals surface area contributed by atoms with Gasteiger partial charge in [-0.2, -0.15) is 0 Å². The van der Waals surface area contributed by atoms with Crippen LogP contribution in [0.25, 0.3) is 0 Å². The number of rotatable bonds is 7. The van der Waals surface area contributed by atoms with Gasteiger partial charge in [-0.25, -0.2) is 0 Å². The van der Waals surface area contributed by atoms with Crippen molar-refractivity contribution in [1.82, 2.24) is 0 Å². The second-order valence-electron chi connectivity index (χ2n) is 3.86. The molecule has 0 heterocycles. The summed E-state index contributed by atoms with van der Waals surface area (Å²) in [7, 11) is -2.70. The molecule has 0 spiro atoms. The molecule has 2 unspecified atom stereocenters. The van der Waals surface area contributed by atoms with E-state index in [0.717, 1.165) is 0 Å². The predicted molar refractivity (Wildman–Crippen MR) is 63.3 cm³/mol. The monoisotopic (exact) mass is 267 g/mol. The third-order valence-electron chi connectivity index (χ3n) is 2.08. The van der Waals surface area contributed by atoms with E-state index in [1.807, 2.05) is 13.8 Å². The van der Waals surface area contributed by atoms with E-state index < -0.39 is 8.25 Å². The van der Waals surface area contributed by atoms with E-state index in [1.54, 1.807) is 13.0 Å². The fourth-order valence-corrected chi connectivity index (χ4v) is 1.24. The zero-order chi connectivity index (χ0) is 12.7. The van der Waals surface area contributed by atoms with Crippen LogP contribution in [0.4, 0.5) is 0 Å². The molecule has 16 heavy (non-hydrogen) atoms. The molecule has 0 amide bonds. The lowest BCUT2D eigenvalue weighted by atomic mass is 10.0. The summed E-state index contributed by atoms with van der Waals surface area (Å²) in [6.45, 7) is 5.33. The van der Waals surface area contributed by atoms with Crippen LogP contribution in [0.3, 0.4) is 0 Å². The van der Waals surface area contributed by atoms with Crippen molar-refractivity contribution < 1.29 is 18.8 Å².